The second kappa shape index (κ2) is 4.53. The summed E-state index contributed by atoms with van der Waals surface area (Å²) in [6.07, 6.45) is 2.30. The van der Waals surface area contributed by atoms with Crippen LogP contribution in [0.25, 0.3) is 10.9 Å². The summed E-state index contributed by atoms with van der Waals surface area (Å²) in [4.78, 5) is 0. The maximum Gasteiger partial charge on any atom is 0.0488 e. The summed E-state index contributed by atoms with van der Waals surface area (Å²) < 4.78 is 2.37. The summed E-state index contributed by atoms with van der Waals surface area (Å²) in [6, 6.07) is 7.44. The molecule has 1 atom stereocenters. The SMILES string of the molecule is CNC(C)c1cn(C(C)C)c2cccc(C)c12. The molecule has 0 amide bonds. The van der Waals surface area contributed by atoms with Crippen LogP contribution in [0.1, 0.15) is 44.0 Å². The molecule has 2 nitrogen and oxygen atoms in total. The first-order valence-corrected chi connectivity index (χ1v) is 6.33. The molecule has 0 spiro atoms. The van der Waals surface area contributed by atoms with Crippen LogP contribution in [0.2, 0.25) is 0 Å². The third-order valence-corrected chi connectivity index (χ3v) is 3.55. The van der Waals surface area contributed by atoms with E-state index >= 15 is 0 Å². The summed E-state index contributed by atoms with van der Waals surface area (Å²) in [7, 11) is 2.02. The van der Waals surface area contributed by atoms with E-state index < -0.39 is 0 Å². The molecule has 92 valence electrons. The summed E-state index contributed by atoms with van der Waals surface area (Å²) >= 11 is 0. The number of fused-ring (bicyclic) bond motifs is 1. The molecule has 2 aromatic rings. The molecule has 1 aromatic heterocycles. The fourth-order valence-electron chi connectivity index (χ4n) is 2.44. The standard InChI is InChI=1S/C15H22N2/c1-10(2)17-9-13(12(4)16-5)15-11(3)7-6-8-14(15)17/h6-10,12,16H,1-5H3. The number of benzene rings is 1. The first kappa shape index (κ1) is 12.2. The normalized spacial score (nSPS) is 13.5. The van der Waals surface area contributed by atoms with Crippen LogP contribution in [0.15, 0.2) is 24.4 Å². The highest BCUT2D eigenvalue weighted by molar-refractivity contribution is 5.87. The van der Waals surface area contributed by atoms with Crippen molar-refractivity contribution >= 4 is 10.9 Å². The van der Waals surface area contributed by atoms with E-state index in [0.717, 1.165) is 0 Å². The molecular formula is C15H22N2. The van der Waals surface area contributed by atoms with Crippen LogP contribution in [0.4, 0.5) is 0 Å². The van der Waals surface area contributed by atoms with Gasteiger partial charge < -0.3 is 9.88 Å². The van der Waals surface area contributed by atoms with Gasteiger partial charge in [-0.3, -0.25) is 0 Å². The minimum absolute atomic E-state index is 0.388. The van der Waals surface area contributed by atoms with Gasteiger partial charge in [-0.1, -0.05) is 12.1 Å². The van der Waals surface area contributed by atoms with E-state index in [1.165, 1.54) is 22.0 Å². The third-order valence-electron chi connectivity index (χ3n) is 3.55. The van der Waals surface area contributed by atoms with Gasteiger partial charge >= 0.3 is 0 Å². The molecule has 0 bridgehead atoms. The van der Waals surface area contributed by atoms with Crippen molar-refractivity contribution in [3.05, 3.63) is 35.5 Å². The zero-order chi connectivity index (χ0) is 12.6. The summed E-state index contributed by atoms with van der Waals surface area (Å²) in [5.41, 5.74) is 4.10. The van der Waals surface area contributed by atoms with Gasteiger partial charge in [-0.15, -0.1) is 0 Å². The maximum atomic E-state index is 3.34. The van der Waals surface area contributed by atoms with E-state index in [1.807, 2.05) is 7.05 Å². The second-order valence-electron chi connectivity index (χ2n) is 5.06. The molecule has 0 aliphatic carbocycles. The van der Waals surface area contributed by atoms with E-state index in [2.05, 4.69) is 62.0 Å². The Morgan fingerprint density at radius 2 is 1.88 bits per heavy atom. The Morgan fingerprint density at radius 1 is 1.18 bits per heavy atom. The van der Waals surface area contributed by atoms with E-state index in [0.29, 0.717) is 12.1 Å². The third kappa shape index (κ3) is 1.98. The average Bonchev–Trinajstić information content (AvgIpc) is 2.69. The lowest BCUT2D eigenvalue weighted by Gasteiger charge is -2.09. The largest absolute Gasteiger partial charge is 0.345 e. The molecule has 1 unspecified atom stereocenters. The summed E-state index contributed by atoms with van der Waals surface area (Å²) in [6.45, 7) is 8.87. The molecule has 2 rings (SSSR count). The predicted molar refractivity (Wildman–Crippen MR) is 74.5 cm³/mol. The van der Waals surface area contributed by atoms with Crippen molar-refractivity contribution in [2.75, 3.05) is 7.05 Å². The van der Waals surface area contributed by atoms with Gasteiger partial charge in [0.05, 0.1) is 0 Å². The Bertz CT molecular complexity index is 523. The average molecular weight is 230 g/mol. The maximum absolute atomic E-state index is 3.34. The van der Waals surface area contributed by atoms with Crippen LogP contribution in [0.3, 0.4) is 0 Å². The van der Waals surface area contributed by atoms with Gasteiger partial charge in [0, 0.05) is 29.2 Å². The first-order chi connectivity index (χ1) is 8.06. The predicted octanol–water partition coefficient (Wildman–Crippen LogP) is 3.81. The molecule has 0 aliphatic rings. The first-order valence-electron chi connectivity index (χ1n) is 6.33. The zero-order valence-electron chi connectivity index (χ0n) is 11.4. The highest BCUT2D eigenvalue weighted by Crippen LogP contribution is 2.31. The molecule has 17 heavy (non-hydrogen) atoms. The lowest BCUT2D eigenvalue weighted by Crippen LogP contribution is -2.12. The van der Waals surface area contributed by atoms with Crippen LogP contribution in [0, 0.1) is 6.92 Å². The minimum atomic E-state index is 0.388. The Balaban J connectivity index is 2.76. The monoisotopic (exact) mass is 230 g/mol. The van der Waals surface area contributed by atoms with Crippen LogP contribution in [-0.4, -0.2) is 11.6 Å². The van der Waals surface area contributed by atoms with Gasteiger partial charge in [0.15, 0.2) is 0 Å². The van der Waals surface area contributed by atoms with E-state index in [1.54, 1.807) is 0 Å². The van der Waals surface area contributed by atoms with E-state index in [4.69, 9.17) is 0 Å². The lowest BCUT2D eigenvalue weighted by atomic mass is 10.0. The molecular weight excluding hydrogens is 208 g/mol. The van der Waals surface area contributed by atoms with Gasteiger partial charge in [0.25, 0.3) is 0 Å². The fourth-order valence-corrected chi connectivity index (χ4v) is 2.44. The Hall–Kier alpha value is -1.28. The summed E-state index contributed by atoms with van der Waals surface area (Å²) in [5.74, 6) is 0. The molecule has 0 fully saturated rings. The van der Waals surface area contributed by atoms with Crippen LogP contribution < -0.4 is 5.32 Å². The van der Waals surface area contributed by atoms with E-state index in [-0.39, 0.29) is 0 Å². The smallest absolute Gasteiger partial charge is 0.0488 e. The summed E-state index contributed by atoms with van der Waals surface area (Å²) in [5, 5.41) is 4.75. The van der Waals surface area contributed by atoms with Crippen molar-refractivity contribution in [2.45, 2.75) is 39.8 Å². The van der Waals surface area contributed by atoms with Crippen LogP contribution in [-0.2, 0) is 0 Å². The highest BCUT2D eigenvalue weighted by Gasteiger charge is 2.15. The van der Waals surface area contributed by atoms with Crippen molar-refractivity contribution < 1.29 is 0 Å². The number of rotatable bonds is 3. The molecule has 1 N–H and O–H groups in total. The number of hydrogen-bond acceptors (Lipinski definition) is 1. The lowest BCUT2D eigenvalue weighted by molar-refractivity contribution is 0.608. The van der Waals surface area contributed by atoms with Gasteiger partial charge in [-0.25, -0.2) is 0 Å². The quantitative estimate of drug-likeness (QED) is 0.848. The molecule has 1 heterocycles. The molecule has 1 aromatic carbocycles. The second-order valence-corrected chi connectivity index (χ2v) is 5.06. The number of nitrogens with zero attached hydrogens (tertiary/aromatic N) is 1. The van der Waals surface area contributed by atoms with Crippen LogP contribution >= 0.6 is 0 Å². The Labute approximate surface area is 104 Å². The molecule has 2 heteroatoms. The number of aryl methyl sites for hydroxylation is 1. The fraction of sp³-hybridized carbons (Fsp3) is 0.467. The number of hydrogen-bond donors (Lipinski definition) is 1. The number of nitrogens with one attached hydrogen (secondary N) is 1. The van der Waals surface area contributed by atoms with E-state index in [9.17, 15) is 0 Å². The van der Waals surface area contributed by atoms with Crippen molar-refractivity contribution in [3.63, 3.8) is 0 Å². The van der Waals surface area contributed by atoms with Crippen molar-refractivity contribution in [1.29, 1.82) is 0 Å². The minimum Gasteiger partial charge on any atom is -0.345 e. The van der Waals surface area contributed by atoms with Gasteiger partial charge in [-0.05, 0) is 51.9 Å². The zero-order valence-corrected chi connectivity index (χ0v) is 11.4. The number of aromatic nitrogens is 1. The highest BCUT2D eigenvalue weighted by atomic mass is 15.0. The Morgan fingerprint density at radius 3 is 2.47 bits per heavy atom. The molecule has 0 aliphatic heterocycles. The van der Waals surface area contributed by atoms with Crippen molar-refractivity contribution in [3.8, 4) is 0 Å². The van der Waals surface area contributed by atoms with Gasteiger partial charge in [0.2, 0.25) is 0 Å². The van der Waals surface area contributed by atoms with Crippen molar-refractivity contribution in [1.82, 2.24) is 9.88 Å². The van der Waals surface area contributed by atoms with Gasteiger partial charge in [-0.2, -0.15) is 0 Å². The Kier molecular flexibility index (Phi) is 3.25. The molecule has 0 saturated carbocycles. The topological polar surface area (TPSA) is 17.0 Å². The molecule has 0 saturated heterocycles. The van der Waals surface area contributed by atoms with Crippen LogP contribution in [0.5, 0.6) is 0 Å². The van der Waals surface area contributed by atoms with Gasteiger partial charge in [0.1, 0.15) is 0 Å². The van der Waals surface area contributed by atoms with Crippen molar-refractivity contribution in [2.24, 2.45) is 0 Å². The molecule has 0 radical (unpaired) electrons.